The SMILES string of the molecule is COc1c(C(C)C)ccc(C)c1CC1CCNCC1. The van der Waals surface area contributed by atoms with E-state index in [1.807, 2.05) is 7.11 Å². The van der Waals surface area contributed by atoms with Gasteiger partial charge in [-0.05, 0) is 67.8 Å². The Labute approximate surface area is 117 Å². The molecule has 106 valence electrons. The molecule has 1 aromatic rings. The molecule has 2 heteroatoms. The first-order valence-corrected chi connectivity index (χ1v) is 7.50. The number of methoxy groups -OCH3 is 1. The van der Waals surface area contributed by atoms with Gasteiger partial charge in [0.2, 0.25) is 0 Å². The van der Waals surface area contributed by atoms with Crippen LogP contribution in [0, 0.1) is 12.8 Å². The van der Waals surface area contributed by atoms with Crippen molar-refractivity contribution < 1.29 is 4.74 Å². The average molecular weight is 261 g/mol. The molecule has 1 N–H and O–H groups in total. The van der Waals surface area contributed by atoms with E-state index < -0.39 is 0 Å². The predicted octanol–water partition coefficient (Wildman–Crippen LogP) is 3.67. The Kier molecular flexibility index (Phi) is 4.87. The fourth-order valence-corrected chi connectivity index (χ4v) is 3.07. The molecular formula is C17H27NO. The van der Waals surface area contributed by atoms with Crippen LogP contribution in [-0.2, 0) is 6.42 Å². The van der Waals surface area contributed by atoms with Crippen LogP contribution in [-0.4, -0.2) is 20.2 Å². The summed E-state index contributed by atoms with van der Waals surface area (Å²) in [5, 5.41) is 3.44. The molecule has 1 fully saturated rings. The molecule has 0 radical (unpaired) electrons. The lowest BCUT2D eigenvalue weighted by molar-refractivity contribution is 0.358. The molecule has 1 heterocycles. The van der Waals surface area contributed by atoms with Gasteiger partial charge in [0.05, 0.1) is 7.11 Å². The van der Waals surface area contributed by atoms with Gasteiger partial charge in [0, 0.05) is 0 Å². The first-order valence-electron chi connectivity index (χ1n) is 7.50. The van der Waals surface area contributed by atoms with E-state index >= 15 is 0 Å². The molecule has 1 aromatic carbocycles. The Morgan fingerprint density at radius 2 is 1.95 bits per heavy atom. The van der Waals surface area contributed by atoms with Crippen molar-refractivity contribution >= 4 is 0 Å². The molecule has 0 unspecified atom stereocenters. The topological polar surface area (TPSA) is 21.3 Å². The monoisotopic (exact) mass is 261 g/mol. The lowest BCUT2D eigenvalue weighted by Crippen LogP contribution is -2.29. The maximum atomic E-state index is 5.74. The lowest BCUT2D eigenvalue weighted by Gasteiger charge is -2.25. The maximum absolute atomic E-state index is 5.74. The molecule has 0 bridgehead atoms. The highest BCUT2D eigenvalue weighted by molar-refractivity contribution is 5.47. The zero-order chi connectivity index (χ0) is 13.8. The molecule has 0 amide bonds. The first kappa shape index (κ1) is 14.4. The summed E-state index contributed by atoms with van der Waals surface area (Å²) in [6, 6.07) is 4.49. The minimum atomic E-state index is 0.516. The van der Waals surface area contributed by atoms with E-state index in [4.69, 9.17) is 4.74 Å². The van der Waals surface area contributed by atoms with Crippen molar-refractivity contribution in [3.05, 3.63) is 28.8 Å². The maximum Gasteiger partial charge on any atom is 0.125 e. The van der Waals surface area contributed by atoms with E-state index in [-0.39, 0.29) is 0 Å². The van der Waals surface area contributed by atoms with Gasteiger partial charge in [0.1, 0.15) is 5.75 Å². The molecule has 0 aromatic heterocycles. The number of piperidine rings is 1. The van der Waals surface area contributed by atoms with Gasteiger partial charge in [-0.1, -0.05) is 26.0 Å². The number of hydrogen-bond donors (Lipinski definition) is 1. The molecule has 2 nitrogen and oxygen atoms in total. The van der Waals surface area contributed by atoms with Gasteiger partial charge in [0.15, 0.2) is 0 Å². The Bertz CT molecular complexity index is 420. The van der Waals surface area contributed by atoms with Crippen LogP contribution in [0.3, 0.4) is 0 Å². The van der Waals surface area contributed by atoms with Gasteiger partial charge in [-0.25, -0.2) is 0 Å². The Morgan fingerprint density at radius 1 is 1.26 bits per heavy atom. The van der Waals surface area contributed by atoms with E-state index in [1.165, 1.54) is 29.5 Å². The summed E-state index contributed by atoms with van der Waals surface area (Å²) >= 11 is 0. The van der Waals surface area contributed by atoms with E-state index in [0.717, 1.165) is 31.2 Å². The van der Waals surface area contributed by atoms with Crippen LogP contribution in [0.5, 0.6) is 5.75 Å². The predicted molar refractivity (Wildman–Crippen MR) is 81.1 cm³/mol. The van der Waals surface area contributed by atoms with E-state index in [9.17, 15) is 0 Å². The zero-order valence-corrected chi connectivity index (χ0v) is 12.8. The summed E-state index contributed by atoms with van der Waals surface area (Å²) in [5.74, 6) is 2.45. The largest absolute Gasteiger partial charge is 0.496 e. The Morgan fingerprint density at radius 3 is 2.53 bits per heavy atom. The smallest absolute Gasteiger partial charge is 0.125 e. The second kappa shape index (κ2) is 6.42. The van der Waals surface area contributed by atoms with E-state index in [1.54, 1.807) is 0 Å². The number of benzene rings is 1. The van der Waals surface area contributed by atoms with Gasteiger partial charge in [-0.2, -0.15) is 0 Å². The first-order chi connectivity index (χ1) is 9.13. The molecule has 1 saturated heterocycles. The Hall–Kier alpha value is -1.02. The van der Waals surface area contributed by atoms with Crippen molar-refractivity contribution in [2.45, 2.75) is 46.0 Å². The van der Waals surface area contributed by atoms with Crippen LogP contribution in [0.25, 0.3) is 0 Å². The molecule has 1 aliphatic rings. The molecule has 19 heavy (non-hydrogen) atoms. The van der Waals surface area contributed by atoms with Crippen molar-refractivity contribution in [3.8, 4) is 5.75 Å². The molecule has 0 spiro atoms. The minimum absolute atomic E-state index is 0.516. The zero-order valence-electron chi connectivity index (χ0n) is 12.8. The van der Waals surface area contributed by atoms with Crippen LogP contribution in [0.4, 0.5) is 0 Å². The van der Waals surface area contributed by atoms with Gasteiger partial charge in [-0.15, -0.1) is 0 Å². The highest BCUT2D eigenvalue weighted by Crippen LogP contribution is 2.34. The van der Waals surface area contributed by atoms with Gasteiger partial charge in [-0.3, -0.25) is 0 Å². The quantitative estimate of drug-likeness (QED) is 0.893. The van der Waals surface area contributed by atoms with Gasteiger partial charge < -0.3 is 10.1 Å². The van der Waals surface area contributed by atoms with Gasteiger partial charge in [0.25, 0.3) is 0 Å². The van der Waals surface area contributed by atoms with E-state index in [2.05, 4.69) is 38.2 Å². The number of rotatable bonds is 4. The van der Waals surface area contributed by atoms with Crippen molar-refractivity contribution in [2.75, 3.05) is 20.2 Å². The summed E-state index contributed by atoms with van der Waals surface area (Å²) in [6.07, 6.45) is 3.74. The third kappa shape index (κ3) is 3.30. The molecular weight excluding hydrogens is 234 g/mol. The van der Waals surface area contributed by atoms with E-state index in [0.29, 0.717) is 5.92 Å². The van der Waals surface area contributed by atoms with Gasteiger partial charge >= 0.3 is 0 Å². The highest BCUT2D eigenvalue weighted by Gasteiger charge is 2.19. The average Bonchev–Trinajstić information content (AvgIpc) is 2.41. The van der Waals surface area contributed by atoms with Crippen LogP contribution in [0.1, 0.15) is 49.3 Å². The Balaban J connectivity index is 2.28. The lowest BCUT2D eigenvalue weighted by atomic mass is 9.86. The second-order valence-electron chi connectivity index (χ2n) is 6.04. The third-order valence-electron chi connectivity index (χ3n) is 4.30. The van der Waals surface area contributed by atoms with Crippen molar-refractivity contribution in [2.24, 2.45) is 5.92 Å². The normalized spacial score (nSPS) is 16.9. The fraction of sp³-hybridized carbons (Fsp3) is 0.647. The standard InChI is InChI=1S/C17H27NO/c1-12(2)15-6-5-13(3)16(17(15)19-4)11-14-7-9-18-10-8-14/h5-6,12,14,18H,7-11H2,1-4H3. The summed E-state index contributed by atoms with van der Waals surface area (Å²) in [5.41, 5.74) is 4.15. The second-order valence-corrected chi connectivity index (χ2v) is 6.04. The van der Waals surface area contributed by atoms with Crippen LogP contribution >= 0.6 is 0 Å². The summed E-state index contributed by atoms with van der Waals surface area (Å²) in [4.78, 5) is 0. The number of ether oxygens (including phenoxy) is 1. The summed E-state index contributed by atoms with van der Waals surface area (Å²) in [6.45, 7) is 9.01. The van der Waals surface area contributed by atoms with Crippen LogP contribution < -0.4 is 10.1 Å². The number of hydrogen-bond acceptors (Lipinski definition) is 2. The third-order valence-corrected chi connectivity index (χ3v) is 4.30. The fourth-order valence-electron chi connectivity index (χ4n) is 3.07. The van der Waals surface area contributed by atoms with Crippen molar-refractivity contribution in [1.29, 1.82) is 0 Å². The number of nitrogens with one attached hydrogen (secondary N) is 1. The summed E-state index contributed by atoms with van der Waals surface area (Å²) < 4.78 is 5.74. The highest BCUT2D eigenvalue weighted by atomic mass is 16.5. The van der Waals surface area contributed by atoms with Crippen LogP contribution in [0.2, 0.25) is 0 Å². The van der Waals surface area contributed by atoms with Crippen molar-refractivity contribution in [3.63, 3.8) is 0 Å². The molecule has 2 rings (SSSR count). The molecule has 0 atom stereocenters. The molecule has 1 aliphatic heterocycles. The minimum Gasteiger partial charge on any atom is -0.496 e. The molecule has 0 saturated carbocycles. The summed E-state index contributed by atoms with van der Waals surface area (Å²) in [7, 11) is 1.81. The molecule has 0 aliphatic carbocycles. The van der Waals surface area contributed by atoms with Crippen LogP contribution in [0.15, 0.2) is 12.1 Å². The number of aryl methyl sites for hydroxylation is 1. The van der Waals surface area contributed by atoms with Crippen molar-refractivity contribution in [1.82, 2.24) is 5.32 Å².